The first-order chi connectivity index (χ1) is 9.01. The standard InChI is InChI=1S/C9H14N6O3S/c10-15-9-11-3-7(4-12-9)19(17,18)13-5-8(16)14-6-1-2-6/h3-4,6,13H,1-2,5,10H2,(H,14,16)(H,11,12,15). The highest BCUT2D eigenvalue weighted by atomic mass is 32.2. The zero-order valence-electron chi connectivity index (χ0n) is 9.96. The molecule has 2 rings (SSSR count). The monoisotopic (exact) mass is 286 g/mol. The molecule has 1 aromatic rings. The van der Waals surface area contributed by atoms with Crippen molar-refractivity contribution in [3.8, 4) is 0 Å². The van der Waals surface area contributed by atoms with Crippen LogP contribution in [0.3, 0.4) is 0 Å². The van der Waals surface area contributed by atoms with Crippen molar-refractivity contribution >= 4 is 21.9 Å². The second kappa shape index (κ2) is 5.47. The van der Waals surface area contributed by atoms with E-state index in [1.807, 2.05) is 0 Å². The molecule has 0 spiro atoms. The summed E-state index contributed by atoms with van der Waals surface area (Å²) in [6.45, 7) is -0.310. The van der Waals surface area contributed by atoms with Crippen molar-refractivity contribution in [2.24, 2.45) is 5.84 Å². The Bertz CT molecular complexity index is 554. The molecule has 1 aliphatic carbocycles. The van der Waals surface area contributed by atoms with Crippen molar-refractivity contribution in [3.63, 3.8) is 0 Å². The number of hydrogen-bond donors (Lipinski definition) is 4. The lowest BCUT2D eigenvalue weighted by atomic mass is 10.5. The highest BCUT2D eigenvalue weighted by molar-refractivity contribution is 7.89. The maximum Gasteiger partial charge on any atom is 0.244 e. The van der Waals surface area contributed by atoms with Crippen LogP contribution in [0.2, 0.25) is 0 Å². The third-order valence-corrected chi connectivity index (χ3v) is 3.79. The van der Waals surface area contributed by atoms with Gasteiger partial charge in [0.1, 0.15) is 4.90 Å². The highest BCUT2D eigenvalue weighted by Crippen LogP contribution is 2.18. The molecule has 1 aliphatic rings. The van der Waals surface area contributed by atoms with Crippen LogP contribution in [0.5, 0.6) is 0 Å². The Labute approximate surface area is 110 Å². The summed E-state index contributed by atoms with van der Waals surface area (Å²) >= 11 is 0. The zero-order chi connectivity index (χ0) is 13.9. The van der Waals surface area contributed by atoms with Gasteiger partial charge >= 0.3 is 0 Å². The van der Waals surface area contributed by atoms with Gasteiger partial charge in [-0.1, -0.05) is 0 Å². The van der Waals surface area contributed by atoms with E-state index in [0.717, 1.165) is 25.2 Å². The second-order valence-electron chi connectivity index (χ2n) is 4.05. The summed E-state index contributed by atoms with van der Waals surface area (Å²) in [5.74, 6) is 4.81. The Kier molecular flexibility index (Phi) is 3.93. The summed E-state index contributed by atoms with van der Waals surface area (Å²) in [6.07, 6.45) is 4.09. The molecule has 1 fully saturated rings. The molecule has 1 heterocycles. The molecule has 0 bridgehead atoms. The van der Waals surface area contributed by atoms with E-state index in [2.05, 4.69) is 25.4 Å². The molecular formula is C9H14N6O3S. The number of rotatable bonds is 6. The predicted molar refractivity (Wildman–Crippen MR) is 66.2 cm³/mol. The van der Waals surface area contributed by atoms with E-state index in [-0.39, 0.29) is 29.3 Å². The van der Waals surface area contributed by atoms with Crippen molar-refractivity contribution in [3.05, 3.63) is 12.4 Å². The minimum Gasteiger partial charge on any atom is -0.352 e. The number of hydrogen-bond acceptors (Lipinski definition) is 7. The van der Waals surface area contributed by atoms with Crippen molar-refractivity contribution < 1.29 is 13.2 Å². The Hall–Kier alpha value is -1.78. The summed E-state index contributed by atoms with van der Waals surface area (Å²) in [7, 11) is -3.80. The molecule has 1 aromatic heterocycles. The van der Waals surface area contributed by atoms with Crippen LogP contribution < -0.4 is 21.3 Å². The number of hydrazine groups is 1. The number of nitrogens with two attached hydrogens (primary N) is 1. The quantitative estimate of drug-likeness (QED) is 0.362. The fourth-order valence-corrected chi connectivity index (χ4v) is 2.15. The number of nitrogens with one attached hydrogen (secondary N) is 3. The topological polar surface area (TPSA) is 139 Å². The fourth-order valence-electron chi connectivity index (χ4n) is 1.28. The smallest absolute Gasteiger partial charge is 0.244 e. The number of anilines is 1. The maximum atomic E-state index is 11.8. The van der Waals surface area contributed by atoms with E-state index in [9.17, 15) is 13.2 Å². The van der Waals surface area contributed by atoms with Crippen LogP contribution in [-0.2, 0) is 14.8 Å². The lowest BCUT2D eigenvalue weighted by molar-refractivity contribution is -0.120. The number of aromatic nitrogens is 2. The van der Waals surface area contributed by atoms with E-state index in [1.165, 1.54) is 0 Å². The number of nitrogen functional groups attached to an aromatic ring is 1. The summed E-state index contributed by atoms with van der Waals surface area (Å²) in [5, 5.41) is 2.67. The molecule has 0 atom stereocenters. The Morgan fingerprint density at radius 3 is 2.53 bits per heavy atom. The van der Waals surface area contributed by atoms with Crippen molar-refractivity contribution in [2.45, 2.75) is 23.8 Å². The average Bonchev–Trinajstić information content (AvgIpc) is 3.20. The minimum absolute atomic E-state index is 0.102. The van der Waals surface area contributed by atoms with Crippen LogP contribution in [0.1, 0.15) is 12.8 Å². The third-order valence-electron chi connectivity index (χ3n) is 2.43. The summed E-state index contributed by atoms with van der Waals surface area (Å²) < 4.78 is 25.8. The molecule has 0 unspecified atom stereocenters. The van der Waals surface area contributed by atoms with Crippen molar-refractivity contribution in [1.29, 1.82) is 0 Å². The highest BCUT2D eigenvalue weighted by Gasteiger charge is 2.24. The van der Waals surface area contributed by atoms with Gasteiger partial charge in [-0.3, -0.25) is 10.2 Å². The summed E-state index contributed by atoms with van der Waals surface area (Å²) in [5.41, 5.74) is 2.18. The van der Waals surface area contributed by atoms with E-state index in [4.69, 9.17) is 5.84 Å². The number of amides is 1. The van der Waals surface area contributed by atoms with Gasteiger partial charge in [0.15, 0.2) is 0 Å². The van der Waals surface area contributed by atoms with Gasteiger partial charge < -0.3 is 5.32 Å². The van der Waals surface area contributed by atoms with E-state index in [1.54, 1.807) is 0 Å². The van der Waals surface area contributed by atoms with Crippen LogP contribution in [0.15, 0.2) is 17.3 Å². The van der Waals surface area contributed by atoms with Gasteiger partial charge in [0.25, 0.3) is 0 Å². The van der Waals surface area contributed by atoms with Gasteiger partial charge in [-0.15, -0.1) is 0 Å². The van der Waals surface area contributed by atoms with Gasteiger partial charge in [-0.2, -0.15) is 0 Å². The van der Waals surface area contributed by atoms with Crippen molar-refractivity contribution in [2.75, 3.05) is 12.0 Å². The molecule has 0 aliphatic heterocycles. The van der Waals surface area contributed by atoms with Crippen LogP contribution >= 0.6 is 0 Å². The number of carbonyl (C=O) groups is 1. The van der Waals surface area contributed by atoms with Gasteiger partial charge in [-0.05, 0) is 12.8 Å². The van der Waals surface area contributed by atoms with Crippen LogP contribution in [0.25, 0.3) is 0 Å². The summed E-state index contributed by atoms with van der Waals surface area (Å²) in [6, 6.07) is 0.190. The zero-order valence-corrected chi connectivity index (χ0v) is 10.8. The Morgan fingerprint density at radius 2 is 2.00 bits per heavy atom. The van der Waals surface area contributed by atoms with Gasteiger partial charge in [0.2, 0.25) is 21.9 Å². The largest absolute Gasteiger partial charge is 0.352 e. The van der Waals surface area contributed by atoms with Gasteiger partial charge in [-0.25, -0.2) is 29.0 Å². The predicted octanol–water partition coefficient (Wildman–Crippen LogP) is -1.68. The molecule has 5 N–H and O–H groups in total. The second-order valence-corrected chi connectivity index (χ2v) is 5.82. The van der Waals surface area contributed by atoms with Crippen LogP contribution in [0.4, 0.5) is 5.95 Å². The molecule has 1 saturated carbocycles. The summed E-state index contributed by atoms with van der Waals surface area (Å²) in [4.78, 5) is 18.6. The third kappa shape index (κ3) is 3.84. The van der Waals surface area contributed by atoms with Crippen LogP contribution in [0, 0.1) is 0 Å². The fraction of sp³-hybridized carbons (Fsp3) is 0.444. The molecular weight excluding hydrogens is 272 g/mol. The molecule has 0 radical (unpaired) electrons. The molecule has 0 aromatic carbocycles. The van der Waals surface area contributed by atoms with E-state index < -0.39 is 10.0 Å². The lowest BCUT2D eigenvalue weighted by Crippen LogP contribution is -2.37. The van der Waals surface area contributed by atoms with E-state index >= 15 is 0 Å². The molecule has 104 valence electrons. The molecule has 19 heavy (non-hydrogen) atoms. The minimum atomic E-state index is -3.80. The lowest BCUT2D eigenvalue weighted by Gasteiger charge is -2.07. The molecule has 1 amide bonds. The van der Waals surface area contributed by atoms with Crippen LogP contribution in [-0.4, -0.2) is 36.9 Å². The molecule has 9 nitrogen and oxygen atoms in total. The number of sulfonamides is 1. The van der Waals surface area contributed by atoms with Gasteiger partial charge in [0, 0.05) is 6.04 Å². The SMILES string of the molecule is NNc1ncc(S(=O)(=O)NCC(=O)NC2CC2)cn1. The Balaban J connectivity index is 1.94. The normalized spacial score (nSPS) is 15.0. The first-order valence-electron chi connectivity index (χ1n) is 5.59. The average molecular weight is 286 g/mol. The number of carbonyl (C=O) groups excluding carboxylic acids is 1. The molecule has 0 saturated heterocycles. The maximum absolute atomic E-state index is 11.8. The first-order valence-corrected chi connectivity index (χ1v) is 7.07. The number of nitrogens with zero attached hydrogens (tertiary/aromatic N) is 2. The molecule has 10 heteroatoms. The Morgan fingerprint density at radius 1 is 1.37 bits per heavy atom. The van der Waals surface area contributed by atoms with E-state index in [0.29, 0.717) is 0 Å². The first kappa shape index (κ1) is 13.6. The van der Waals surface area contributed by atoms with Gasteiger partial charge in [0.05, 0.1) is 18.9 Å². The van der Waals surface area contributed by atoms with Crippen molar-refractivity contribution in [1.82, 2.24) is 20.0 Å².